The summed E-state index contributed by atoms with van der Waals surface area (Å²) in [7, 11) is 1.82. The fourth-order valence-corrected chi connectivity index (χ4v) is 2.06. The van der Waals surface area contributed by atoms with Gasteiger partial charge in [0.1, 0.15) is 5.82 Å². The predicted molar refractivity (Wildman–Crippen MR) is 81.0 cm³/mol. The van der Waals surface area contributed by atoms with Crippen molar-refractivity contribution in [2.75, 3.05) is 24.2 Å². The normalized spacial score (nSPS) is 11.2. The van der Waals surface area contributed by atoms with Gasteiger partial charge in [0.25, 0.3) is 0 Å². The van der Waals surface area contributed by atoms with Crippen molar-refractivity contribution in [3.63, 3.8) is 0 Å². The Morgan fingerprint density at radius 1 is 1.26 bits per heavy atom. The highest BCUT2D eigenvalue weighted by Crippen LogP contribution is 2.29. The van der Waals surface area contributed by atoms with Crippen molar-refractivity contribution in [2.45, 2.75) is 33.6 Å². The first-order valence-electron chi connectivity index (χ1n) is 6.75. The van der Waals surface area contributed by atoms with Gasteiger partial charge in [0.2, 0.25) is 0 Å². The number of rotatable bonds is 7. The second-order valence-electron chi connectivity index (χ2n) is 4.96. The van der Waals surface area contributed by atoms with E-state index in [0.29, 0.717) is 12.1 Å². The van der Waals surface area contributed by atoms with Crippen molar-refractivity contribution in [1.82, 2.24) is 0 Å². The minimum absolute atomic E-state index is 0.160. The largest absolute Gasteiger partial charge is 0.386 e. The standard InChI is InChI=1S/C15H24FN3/c1-5-15(6-2,9-17)10-19-14-8-12(16)11(3)7-13(14)18-4/h7-9,17-19H,5-6,10H2,1-4H3. The lowest BCUT2D eigenvalue weighted by Gasteiger charge is -2.28. The molecule has 0 bridgehead atoms. The van der Waals surface area contributed by atoms with Gasteiger partial charge < -0.3 is 16.0 Å². The highest BCUT2D eigenvalue weighted by atomic mass is 19.1. The van der Waals surface area contributed by atoms with E-state index in [0.717, 1.165) is 24.2 Å². The molecule has 3 N–H and O–H groups in total. The molecule has 1 aromatic rings. The number of benzene rings is 1. The van der Waals surface area contributed by atoms with Crippen LogP contribution in [0.15, 0.2) is 12.1 Å². The first kappa shape index (κ1) is 15.5. The first-order valence-corrected chi connectivity index (χ1v) is 6.75. The van der Waals surface area contributed by atoms with Gasteiger partial charge in [-0.05, 0) is 37.5 Å². The van der Waals surface area contributed by atoms with E-state index in [-0.39, 0.29) is 11.2 Å². The third kappa shape index (κ3) is 3.46. The molecule has 0 saturated heterocycles. The van der Waals surface area contributed by atoms with Crippen molar-refractivity contribution in [3.8, 4) is 0 Å². The van der Waals surface area contributed by atoms with E-state index in [1.807, 2.05) is 7.05 Å². The molecule has 0 radical (unpaired) electrons. The van der Waals surface area contributed by atoms with Crippen LogP contribution in [0.3, 0.4) is 0 Å². The van der Waals surface area contributed by atoms with Crippen LogP contribution in [-0.2, 0) is 0 Å². The van der Waals surface area contributed by atoms with Crippen LogP contribution >= 0.6 is 0 Å². The van der Waals surface area contributed by atoms with Crippen molar-refractivity contribution in [1.29, 1.82) is 5.41 Å². The number of aryl methyl sites for hydroxylation is 1. The predicted octanol–water partition coefficient (Wildman–Crippen LogP) is 4.04. The molecule has 0 aliphatic carbocycles. The highest BCUT2D eigenvalue weighted by Gasteiger charge is 2.23. The zero-order chi connectivity index (χ0) is 14.5. The summed E-state index contributed by atoms with van der Waals surface area (Å²) in [5.74, 6) is -0.213. The van der Waals surface area contributed by atoms with Crippen LogP contribution in [0.1, 0.15) is 32.3 Å². The first-order chi connectivity index (χ1) is 9.01. The van der Waals surface area contributed by atoms with E-state index in [1.54, 1.807) is 13.0 Å². The average molecular weight is 265 g/mol. The fraction of sp³-hybridized carbons (Fsp3) is 0.533. The molecule has 0 atom stereocenters. The van der Waals surface area contributed by atoms with Gasteiger partial charge in [0, 0.05) is 25.2 Å². The van der Waals surface area contributed by atoms with Crippen molar-refractivity contribution >= 4 is 17.6 Å². The van der Waals surface area contributed by atoms with E-state index in [2.05, 4.69) is 24.5 Å². The number of hydrogen-bond acceptors (Lipinski definition) is 3. The van der Waals surface area contributed by atoms with E-state index >= 15 is 0 Å². The summed E-state index contributed by atoms with van der Waals surface area (Å²) >= 11 is 0. The molecular weight excluding hydrogens is 241 g/mol. The number of hydrogen-bond donors (Lipinski definition) is 3. The molecule has 1 aromatic carbocycles. The van der Waals surface area contributed by atoms with Crippen LogP contribution < -0.4 is 10.6 Å². The van der Waals surface area contributed by atoms with Crippen molar-refractivity contribution in [2.24, 2.45) is 5.41 Å². The summed E-state index contributed by atoms with van der Waals surface area (Å²) in [6.07, 6.45) is 3.29. The molecule has 4 heteroatoms. The summed E-state index contributed by atoms with van der Waals surface area (Å²) in [5, 5.41) is 13.9. The Morgan fingerprint density at radius 3 is 2.37 bits per heavy atom. The third-order valence-corrected chi connectivity index (χ3v) is 3.91. The number of halogens is 1. The van der Waals surface area contributed by atoms with Gasteiger partial charge in [0.15, 0.2) is 0 Å². The maximum absolute atomic E-state index is 13.6. The molecule has 3 nitrogen and oxygen atoms in total. The van der Waals surface area contributed by atoms with Gasteiger partial charge in [-0.1, -0.05) is 13.8 Å². The maximum atomic E-state index is 13.6. The Labute approximate surface area is 115 Å². The second-order valence-corrected chi connectivity index (χ2v) is 4.96. The summed E-state index contributed by atoms with van der Waals surface area (Å²) in [6.45, 7) is 6.54. The molecule has 0 saturated carbocycles. The number of anilines is 2. The Balaban J connectivity index is 2.93. The molecule has 0 aliphatic rings. The minimum Gasteiger partial charge on any atom is -0.386 e. The Hall–Kier alpha value is -1.58. The monoisotopic (exact) mass is 265 g/mol. The van der Waals surface area contributed by atoms with Gasteiger partial charge in [-0.2, -0.15) is 0 Å². The van der Waals surface area contributed by atoms with Gasteiger partial charge in [-0.15, -0.1) is 0 Å². The molecule has 0 heterocycles. The highest BCUT2D eigenvalue weighted by molar-refractivity contribution is 5.71. The summed E-state index contributed by atoms with van der Waals surface area (Å²) in [5.41, 5.74) is 2.09. The SMILES string of the molecule is CCC(C=N)(CC)CNc1cc(F)c(C)cc1NC. The van der Waals surface area contributed by atoms with Crippen LogP contribution in [-0.4, -0.2) is 19.8 Å². The topological polar surface area (TPSA) is 47.9 Å². The van der Waals surface area contributed by atoms with E-state index in [1.165, 1.54) is 12.3 Å². The van der Waals surface area contributed by atoms with Crippen molar-refractivity contribution < 1.29 is 4.39 Å². The lowest BCUT2D eigenvalue weighted by Crippen LogP contribution is -2.30. The van der Waals surface area contributed by atoms with Crippen molar-refractivity contribution in [3.05, 3.63) is 23.5 Å². The minimum atomic E-state index is -0.213. The van der Waals surface area contributed by atoms with Crippen LogP contribution in [0, 0.1) is 23.6 Å². The van der Waals surface area contributed by atoms with Gasteiger partial charge in [-0.3, -0.25) is 0 Å². The van der Waals surface area contributed by atoms with Gasteiger partial charge in [0.05, 0.1) is 11.4 Å². The summed E-state index contributed by atoms with van der Waals surface area (Å²) in [4.78, 5) is 0. The van der Waals surface area contributed by atoms with Crippen LogP contribution in [0.4, 0.5) is 15.8 Å². The van der Waals surface area contributed by atoms with Crippen LogP contribution in [0.2, 0.25) is 0 Å². The number of nitrogens with one attached hydrogen (secondary N) is 3. The van der Waals surface area contributed by atoms with Gasteiger partial charge in [-0.25, -0.2) is 4.39 Å². The molecule has 0 spiro atoms. The third-order valence-electron chi connectivity index (χ3n) is 3.91. The lowest BCUT2D eigenvalue weighted by atomic mass is 9.83. The Bertz CT molecular complexity index is 439. The molecule has 106 valence electrons. The molecule has 0 fully saturated rings. The van der Waals surface area contributed by atoms with Crippen LogP contribution in [0.25, 0.3) is 0 Å². The molecule has 0 aliphatic heterocycles. The van der Waals surface area contributed by atoms with Crippen LogP contribution in [0.5, 0.6) is 0 Å². The van der Waals surface area contributed by atoms with E-state index in [9.17, 15) is 4.39 Å². The fourth-order valence-electron chi connectivity index (χ4n) is 2.06. The quantitative estimate of drug-likeness (QED) is 0.651. The Kier molecular flexibility index (Phi) is 5.33. The molecule has 1 rings (SSSR count). The molecular formula is C15H24FN3. The summed E-state index contributed by atoms with van der Waals surface area (Å²) in [6, 6.07) is 3.31. The van der Waals surface area contributed by atoms with E-state index < -0.39 is 0 Å². The summed E-state index contributed by atoms with van der Waals surface area (Å²) < 4.78 is 13.6. The zero-order valence-electron chi connectivity index (χ0n) is 12.2. The Morgan fingerprint density at radius 2 is 1.89 bits per heavy atom. The average Bonchev–Trinajstić information content (AvgIpc) is 2.44. The maximum Gasteiger partial charge on any atom is 0.128 e. The second kappa shape index (κ2) is 6.55. The lowest BCUT2D eigenvalue weighted by molar-refractivity contribution is 0.421. The molecule has 0 unspecified atom stereocenters. The molecule has 0 aromatic heterocycles. The smallest absolute Gasteiger partial charge is 0.128 e. The van der Waals surface area contributed by atoms with Gasteiger partial charge >= 0.3 is 0 Å². The zero-order valence-corrected chi connectivity index (χ0v) is 12.2. The molecule has 0 amide bonds. The van der Waals surface area contributed by atoms with E-state index in [4.69, 9.17) is 5.41 Å². The molecule has 19 heavy (non-hydrogen) atoms.